The number of hydrogen-bond donors (Lipinski definition) is 1. The molecule has 1 aliphatic carbocycles. The summed E-state index contributed by atoms with van der Waals surface area (Å²) < 4.78 is 54.0. The van der Waals surface area contributed by atoms with E-state index in [1.54, 1.807) is 18.2 Å². The number of hydrogen-bond acceptors (Lipinski definition) is 4. The number of nitrogens with one attached hydrogen (secondary N) is 1. The van der Waals surface area contributed by atoms with Crippen LogP contribution in [0.1, 0.15) is 35.9 Å². The van der Waals surface area contributed by atoms with Crippen LogP contribution in [0, 0.1) is 0 Å². The van der Waals surface area contributed by atoms with Crippen LogP contribution in [0.15, 0.2) is 22.7 Å². The maximum absolute atomic E-state index is 12.5. The Morgan fingerprint density at radius 1 is 1.30 bits per heavy atom. The number of carbonyl (C=O) groups is 1. The summed E-state index contributed by atoms with van der Waals surface area (Å²) in [6, 6.07) is 4.42. The lowest BCUT2D eigenvalue weighted by molar-refractivity contribution is -0.132. The molecular formula is C14H11F4N3O2. The molecule has 1 amide bonds. The first-order valence-electron chi connectivity index (χ1n) is 6.79. The number of halogens is 4. The predicted molar refractivity (Wildman–Crippen MR) is 69.9 cm³/mol. The van der Waals surface area contributed by atoms with Gasteiger partial charge in [0.25, 0.3) is 11.8 Å². The maximum atomic E-state index is 12.5. The summed E-state index contributed by atoms with van der Waals surface area (Å²) in [6.07, 6.45) is -4.85. The van der Waals surface area contributed by atoms with Gasteiger partial charge in [-0.1, -0.05) is 17.3 Å². The minimum Gasteiger partial charge on any atom is -0.344 e. The fourth-order valence-corrected chi connectivity index (χ4v) is 2.58. The molecule has 122 valence electrons. The molecule has 1 aromatic carbocycles. The first kappa shape index (κ1) is 15.4. The molecule has 0 aliphatic heterocycles. The highest BCUT2D eigenvalue weighted by Gasteiger charge is 2.27. The third kappa shape index (κ3) is 3.03. The number of aromatic nitrogens is 2. The van der Waals surface area contributed by atoms with E-state index in [-0.39, 0.29) is 5.82 Å². The molecule has 5 nitrogen and oxygen atoms in total. The summed E-state index contributed by atoms with van der Waals surface area (Å²) in [5.74, 6) is -2.04. The Hall–Kier alpha value is -2.45. The van der Waals surface area contributed by atoms with Crippen LogP contribution in [-0.2, 0) is 11.2 Å². The molecule has 1 heterocycles. The predicted octanol–water partition coefficient (Wildman–Crippen LogP) is 3.04. The van der Waals surface area contributed by atoms with Crippen molar-refractivity contribution >= 4 is 5.91 Å². The van der Waals surface area contributed by atoms with Crippen molar-refractivity contribution in [1.29, 1.82) is 0 Å². The standard InChI is InChI=1S/C14H11F4N3O2/c15-10(16)13(22)19-9-4-2-6-5-7(1-3-8(6)9)12-20-14(11(17)18)23-21-12/h1,3,5,9-11H,2,4H2,(H,19,22). The molecule has 0 spiro atoms. The van der Waals surface area contributed by atoms with Gasteiger partial charge in [-0.2, -0.15) is 22.5 Å². The van der Waals surface area contributed by atoms with E-state index >= 15 is 0 Å². The van der Waals surface area contributed by atoms with Gasteiger partial charge in [0.15, 0.2) is 0 Å². The second kappa shape index (κ2) is 5.98. The van der Waals surface area contributed by atoms with Crippen molar-refractivity contribution < 1.29 is 26.9 Å². The number of benzene rings is 1. The number of carbonyl (C=O) groups excluding carboxylic acids is 1. The molecule has 1 atom stereocenters. The van der Waals surface area contributed by atoms with E-state index in [9.17, 15) is 22.4 Å². The molecule has 2 aromatic rings. The zero-order valence-corrected chi connectivity index (χ0v) is 11.6. The van der Waals surface area contributed by atoms with Gasteiger partial charge in [0.1, 0.15) is 0 Å². The minimum atomic E-state index is -3.06. The largest absolute Gasteiger partial charge is 0.344 e. The van der Waals surface area contributed by atoms with Crippen molar-refractivity contribution in [3.8, 4) is 11.4 Å². The highest BCUT2D eigenvalue weighted by Crippen LogP contribution is 2.34. The molecule has 0 fully saturated rings. The maximum Gasteiger partial charge on any atom is 0.315 e. The second-order valence-electron chi connectivity index (χ2n) is 5.07. The lowest BCUT2D eigenvalue weighted by Gasteiger charge is -2.13. The Labute approximate surface area is 127 Å². The summed E-state index contributed by atoms with van der Waals surface area (Å²) in [5, 5.41) is 5.76. The van der Waals surface area contributed by atoms with E-state index < -0.39 is 30.7 Å². The fourth-order valence-electron chi connectivity index (χ4n) is 2.58. The molecule has 1 N–H and O–H groups in total. The SMILES string of the molecule is O=C(NC1CCc2cc(-c3noc(C(F)F)n3)ccc21)C(F)F. The highest BCUT2D eigenvalue weighted by molar-refractivity contribution is 5.79. The minimum absolute atomic E-state index is 0.0307. The van der Waals surface area contributed by atoms with E-state index in [1.807, 2.05) is 0 Å². The lowest BCUT2D eigenvalue weighted by Crippen LogP contribution is -2.32. The average molecular weight is 329 g/mol. The van der Waals surface area contributed by atoms with E-state index in [0.717, 1.165) is 11.1 Å². The van der Waals surface area contributed by atoms with Gasteiger partial charge in [0.2, 0.25) is 5.82 Å². The molecule has 0 radical (unpaired) electrons. The Kier molecular flexibility index (Phi) is 4.01. The number of aryl methyl sites for hydroxylation is 1. The summed E-state index contributed by atoms with van der Waals surface area (Å²) in [4.78, 5) is 14.7. The van der Waals surface area contributed by atoms with E-state index in [4.69, 9.17) is 0 Å². The molecule has 9 heteroatoms. The van der Waals surface area contributed by atoms with Gasteiger partial charge in [-0.05, 0) is 30.0 Å². The summed E-state index contributed by atoms with van der Waals surface area (Å²) >= 11 is 0. The van der Waals surface area contributed by atoms with Crippen LogP contribution in [0.2, 0.25) is 0 Å². The zero-order chi connectivity index (χ0) is 16.6. The van der Waals surface area contributed by atoms with Gasteiger partial charge in [0.05, 0.1) is 6.04 Å². The molecule has 3 rings (SSSR count). The third-order valence-corrected chi connectivity index (χ3v) is 3.62. The van der Waals surface area contributed by atoms with Gasteiger partial charge in [-0.25, -0.2) is 0 Å². The number of rotatable bonds is 4. The van der Waals surface area contributed by atoms with Crippen LogP contribution in [-0.4, -0.2) is 22.5 Å². The first-order valence-corrected chi connectivity index (χ1v) is 6.79. The van der Waals surface area contributed by atoms with Crippen LogP contribution in [0.5, 0.6) is 0 Å². The molecule has 1 aliphatic rings. The molecule has 23 heavy (non-hydrogen) atoms. The molecule has 0 saturated carbocycles. The van der Waals surface area contributed by atoms with E-state index in [2.05, 4.69) is 20.0 Å². The Balaban J connectivity index is 1.82. The van der Waals surface area contributed by atoms with Gasteiger partial charge in [-0.3, -0.25) is 4.79 Å². The first-order chi connectivity index (χ1) is 11.0. The van der Waals surface area contributed by atoms with Crippen LogP contribution in [0.3, 0.4) is 0 Å². The number of fused-ring (bicyclic) bond motifs is 1. The van der Waals surface area contributed by atoms with Gasteiger partial charge >= 0.3 is 12.9 Å². The van der Waals surface area contributed by atoms with Gasteiger partial charge in [-0.15, -0.1) is 0 Å². The third-order valence-electron chi connectivity index (χ3n) is 3.62. The Morgan fingerprint density at radius 2 is 2.09 bits per heavy atom. The van der Waals surface area contributed by atoms with Crippen molar-refractivity contribution in [2.45, 2.75) is 31.7 Å². The highest BCUT2D eigenvalue weighted by atomic mass is 19.3. The monoisotopic (exact) mass is 329 g/mol. The van der Waals surface area contributed by atoms with E-state index in [1.165, 1.54) is 0 Å². The van der Waals surface area contributed by atoms with E-state index in [0.29, 0.717) is 18.4 Å². The average Bonchev–Trinajstić information content (AvgIpc) is 3.14. The van der Waals surface area contributed by atoms with Crippen molar-refractivity contribution in [3.05, 3.63) is 35.2 Å². The van der Waals surface area contributed by atoms with Crippen molar-refractivity contribution in [2.24, 2.45) is 0 Å². The van der Waals surface area contributed by atoms with Crippen LogP contribution in [0.4, 0.5) is 17.6 Å². The van der Waals surface area contributed by atoms with Crippen LogP contribution < -0.4 is 5.32 Å². The molecule has 0 bridgehead atoms. The molecular weight excluding hydrogens is 318 g/mol. The normalized spacial score (nSPS) is 16.9. The van der Waals surface area contributed by atoms with Crippen molar-refractivity contribution in [1.82, 2.24) is 15.5 Å². The van der Waals surface area contributed by atoms with Crippen LogP contribution in [0.25, 0.3) is 11.4 Å². The molecule has 1 aromatic heterocycles. The summed E-state index contributed by atoms with van der Waals surface area (Å²) in [7, 11) is 0. The van der Waals surface area contributed by atoms with Gasteiger partial charge in [0, 0.05) is 5.56 Å². The number of nitrogens with zero attached hydrogens (tertiary/aromatic N) is 2. The number of alkyl halides is 4. The van der Waals surface area contributed by atoms with Crippen molar-refractivity contribution in [3.63, 3.8) is 0 Å². The molecule has 1 unspecified atom stereocenters. The summed E-state index contributed by atoms with van der Waals surface area (Å²) in [5.41, 5.74) is 2.03. The molecule has 0 saturated heterocycles. The Bertz CT molecular complexity index is 733. The summed E-state index contributed by atoms with van der Waals surface area (Å²) in [6.45, 7) is 0. The van der Waals surface area contributed by atoms with Gasteiger partial charge < -0.3 is 9.84 Å². The fraction of sp³-hybridized carbons (Fsp3) is 0.357. The topological polar surface area (TPSA) is 68.0 Å². The van der Waals surface area contributed by atoms with Crippen molar-refractivity contribution in [2.75, 3.05) is 0 Å². The second-order valence-corrected chi connectivity index (χ2v) is 5.07. The lowest BCUT2D eigenvalue weighted by atomic mass is 10.0. The van der Waals surface area contributed by atoms with Crippen LogP contribution >= 0.6 is 0 Å². The smallest absolute Gasteiger partial charge is 0.315 e. The Morgan fingerprint density at radius 3 is 2.74 bits per heavy atom. The quantitative estimate of drug-likeness (QED) is 0.876. The zero-order valence-electron chi connectivity index (χ0n) is 11.6. The number of amides is 1.